The molecule has 1 aromatic carbocycles. The monoisotopic (exact) mass is 580 g/mol. The van der Waals surface area contributed by atoms with Crippen molar-refractivity contribution in [3.63, 3.8) is 0 Å². The largest absolute Gasteiger partial charge is 0.378 e. The standard InChI is InChI=1S/C32H42F2N6O2/c1-4-9-24(10-5-6-11-25-18-22(2)42-23(3)19-25)21-35-28-20-29(38-32(37-28)39-14-16-41-17-15-39)40-27-13-8-7-12-26(27)36-31(40)30(33)34/h7-8,12-13,20,22-25,30H,4-5,9-10,14-19,21H2,1-3H3,(H,35,37,38)/t22-,23+,24?,25+. The van der Waals surface area contributed by atoms with Crippen molar-refractivity contribution in [2.45, 2.75) is 77.9 Å². The lowest BCUT2D eigenvalue weighted by Gasteiger charge is -2.29. The molecule has 4 heterocycles. The zero-order valence-electron chi connectivity index (χ0n) is 24.9. The van der Waals surface area contributed by atoms with Crippen LogP contribution in [-0.2, 0) is 9.47 Å². The molecule has 226 valence electrons. The van der Waals surface area contributed by atoms with Crippen LogP contribution in [0.4, 0.5) is 20.5 Å². The number of ether oxygens (including phenoxy) is 2. The zero-order chi connectivity index (χ0) is 29.5. The van der Waals surface area contributed by atoms with Gasteiger partial charge in [0.25, 0.3) is 6.43 Å². The summed E-state index contributed by atoms with van der Waals surface area (Å²) in [5, 5.41) is 3.52. The molecule has 2 aliphatic heterocycles. The predicted molar refractivity (Wildman–Crippen MR) is 161 cm³/mol. The van der Waals surface area contributed by atoms with Crippen molar-refractivity contribution in [1.29, 1.82) is 0 Å². The molecule has 2 aromatic heterocycles. The number of anilines is 2. The molecule has 0 saturated carbocycles. The van der Waals surface area contributed by atoms with Gasteiger partial charge in [-0.25, -0.2) is 13.8 Å². The van der Waals surface area contributed by atoms with E-state index in [1.807, 2.05) is 11.0 Å². The van der Waals surface area contributed by atoms with Gasteiger partial charge in [0.05, 0.1) is 36.5 Å². The van der Waals surface area contributed by atoms with Gasteiger partial charge in [-0.3, -0.25) is 4.57 Å². The maximum atomic E-state index is 14.2. The molecular weight excluding hydrogens is 538 g/mol. The summed E-state index contributed by atoms with van der Waals surface area (Å²) in [5.74, 6) is 8.89. The van der Waals surface area contributed by atoms with Crippen molar-refractivity contribution in [1.82, 2.24) is 19.5 Å². The molecule has 4 atom stereocenters. The number of benzene rings is 1. The number of para-hydroxylation sites is 2. The molecule has 5 rings (SSSR count). The van der Waals surface area contributed by atoms with E-state index in [4.69, 9.17) is 19.4 Å². The average Bonchev–Trinajstić information content (AvgIpc) is 3.38. The summed E-state index contributed by atoms with van der Waals surface area (Å²) in [5.41, 5.74) is 1.09. The lowest BCUT2D eigenvalue weighted by atomic mass is 9.92. The van der Waals surface area contributed by atoms with Crippen LogP contribution < -0.4 is 10.2 Å². The predicted octanol–water partition coefficient (Wildman–Crippen LogP) is 6.41. The molecule has 2 fully saturated rings. The van der Waals surface area contributed by atoms with Gasteiger partial charge in [0.2, 0.25) is 5.95 Å². The maximum Gasteiger partial charge on any atom is 0.296 e. The van der Waals surface area contributed by atoms with E-state index < -0.39 is 6.43 Å². The summed E-state index contributed by atoms with van der Waals surface area (Å²) in [6, 6.07) is 8.89. The highest BCUT2D eigenvalue weighted by molar-refractivity contribution is 5.78. The third kappa shape index (κ3) is 7.56. The van der Waals surface area contributed by atoms with Gasteiger partial charge < -0.3 is 19.7 Å². The summed E-state index contributed by atoms with van der Waals surface area (Å²) in [6.45, 7) is 9.56. The molecule has 2 saturated heterocycles. The van der Waals surface area contributed by atoms with E-state index in [1.165, 1.54) is 4.57 Å². The fourth-order valence-electron chi connectivity index (χ4n) is 5.99. The van der Waals surface area contributed by atoms with Crippen molar-refractivity contribution in [3.8, 4) is 17.7 Å². The number of nitrogens with zero attached hydrogens (tertiary/aromatic N) is 5. The van der Waals surface area contributed by atoms with Crippen LogP contribution in [0.1, 0.15) is 71.5 Å². The quantitative estimate of drug-likeness (QED) is 0.278. The average molecular weight is 581 g/mol. The van der Waals surface area contributed by atoms with Crippen molar-refractivity contribution < 1.29 is 18.3 Å². The van der Waals surface area contributed by atoms with Crippen LogP contribution in [0.3, 0.4) is 0 Å². The number of hydrogen-bond donors (Lipinski definition) is 1. The highest BCUT2D eigenvalue weighted by Gasteiger charge is 2.24. The molecular formula is C32H42F2N6O2. The fraction of sp³-hybridized carbons (Fsp3) is 0.594. The Hall–Kier alpha value is -3.29. The van der Waals surface area contributed by atoms with Crippen LogP contribution in [0, 0.1) is 23.7 Å². The summed E-state index contributed by atoms with van der Waals surface area (Å²) >= 11 is 0. The van der Waals surface area contributed by atoms with E-state index in [9.17, 15) is 8.78 Å². The molecule has 2 aliphatic rings. The number of alkyl halides is 2. The number of halogens is 2. The van der Waals surface area contributed by atoms with Crippen LogP contribution in [0.5, 0.6) is 0 Å². The van der Waals surface area contributed by atoms with Gasteiger partial charge in [0, 0.05) is 38.0 Å². The van der Waals surface area contributed by atoms with Crippen LogP contribution >= 0.6 is 0 Å². The number of morpholine rings is 1. The Kier molecular flexibility index (Phi) is 10.2. The SMILES string of the molecule is CCCC(CCC#C[C@H]1C[C@@H](C)O[C@@H](C)C1)CNc1cc(-n2c(C(F)F)nc3ccccc32)nc(N2CCOCC2)n1. The summed E-state index contributed by atoms with van der Waals surface area (Å²) < 4.78 is 41.1. The minimum Gasteiger partial charge on any atom is -0.378 e. The van der Waals surface area contributed by atoms with E-state index in [2.05, 4.69) is 42.9 Å². The van der Waals surface area contributed by atoms with E-state index in [0.29, 0.717) is 73.3 Å². The second kappa shape index (κ2) is 14.3. The van der Waals surface area contributed by atoms with E-state index in [-0.39, 0.29) is 18.0 Å². The first-order valence-electron chi connectivity index (χ1n) is 15.3. The van der Waals surface area contributed by atoms with Crippen molar-refractivity contribution in [3.05, 3.63) is 36.2 Å². The summed E-state index contributed by atoms with van der Waals surface area (Å²) in [6.07, 6.45) is 3.74. The van der Waals surface area contributed by atoms with Gasteiger partial charge in [-0.1, -0.05) is 31.4 Å². The molecule has 8 nitrogen and oxygen atoms in total. The van der Waals surface area contributed by atoms with Gasteiger partial charge in [-0.15, -0.1) is 5.92 Å². The number of aromatic nitrogens is 4. The van der Waals surface area contributed by atoms with Crippen LogP contribution in [0.25, 0.3) is 16.9 Å². The van der Waals surface area contributed by atoms with Gasteiger partial charge in [0.15, 0.2) is 5.82 Å². The van der Waals surface area contributed by atoms with Crippen LogP contribution in [0.15, 0.2) is 30.3 Å². The highest BCUT2D eigenvalue weighted by Crippen LogP contribution is 2.29. The Morgan fingerprint density at radius 1 is 1.05 bits per heavy atom. The van der Waals surface area contributed by atoms with Gasteiger partial charge in [-0.05, 0) is 57.6 Å². The first-order valence-corrected chi connectivity index (χ1v) is 15.3. The number of nitrogens with one attached hydrogen (secondary N) is 1. The summed E-state index contributed by atoms with van der Waals surface area (Å²) in [7, 11) is 0. The van der Waals surface area contributed by atoms with Gasteiger partial charge >= 0.3 is 0 Å². The molecule has 1 unspecified atom stereocenters. The number of imidazole rings is 1. The minimum absolute atomic E-state index is 0.266. The Morgan fingerprint density at radius 2 is 1.81 bits per heavy atom. The molecule has 3 aromatic rings. The molecule has 10 heteroatoms. The molecule has 0 amide bonds. The van der Waals surface area contributed by atoms with Crippen molar-refractivity contribution >= 4 is 22.8 Å². The van der Waals surface area contributed by atoms with E-state index in [0.717, 1.165) is 38.5 Å². The molecule has 0 radical (unpaired) electrons. The Morgan fingerprint density at radius 3 is 2.55 bits per heavy atom. The molecule has 0 spiro atoms. The first-order chi connectivity index (χ1) is 20.4. The van der Waals surface area contributed by atoms with E-state index in [1.54, 1.807) is 24.3 Å². The Bertz CT molecular complexity index is 1370. The number of hydrogen-bond acceptors (Lipinski definition) is 7. The first kappa shape index (κ1) is 30.2. The number of fused-ring (bicyclic) bond motifs is 1. The van der Waals surface area contributed by atoms with Gasteiger partial charge in [0.1, 0.15) is 11.6 Å². The zero-order valence-corrected chi connectivity index (χ0v) is 24.9. The Labute approximate surface area is 247 Å². The third-order valence-corrected chi connectivity index (χ3v) is 7.96. The molecule has 42 heavy (non-hydrogen) atoms. The summed E-state index contributed by atoms with van der Waals surface area (Å²) in [4.78, 5) is 15.8. The van der Waals surface area contributed by atoms with Crippen molar-refractivity contribution in [2.75, 3.05) is 43.1 Å². The maximum absolute atomic E-state index is 14.2. The molecule has 0 aliphatic carbocycles. The topological polar surface area (TPSA) is 77.3 Å². The van der Waals surface area contributed by atoms with Crippen LogP contribution in [0.2, 0.25) is 0 Å². The Balaban J connectivity index is 1.35. The fourth-order valence-corrected chi connectivity index (χ4v) is 5.99. The minimum atomic E-state index is -2.75. The smallest absolute Gasteiger partial charge is 0.296 e. The van der Waals surface area contributed by atoms with Crippen molar-refractivity contribution in [2.24, 2.45) is 11.8 Å². The third-order valence-electron chi connectivity index (χ3n) is 7.96. The van der Waals surface area contributed by atoms with E-state index >= 15 is 0 Å². The molecule has 1 N–H and O–H groups in total. The molecule has 0 bridgehead atoms. The number of rotatable bonds is 10. The van der Waals surface area contributed by atoms with Crippen LogP contribution in [-0.4, -0.2) is 64.6 Å². The second-order valence-electron chi connectivity index (χ2n) is 11.4. The second-order valence-corrected chi connectivity index (χ2v) is 11.4. The lowest BCUT2D eigenvalue weighted by Crippen LogP contribution is -2.37. The van der Waals surface area contributed by atoms with Gasteiger partial charge in [-0.2, -0.15) is 9.97 Å². The highest BCUT2D eigenvalue weighted by atomic mass is 19.3. The lowest BCUT2D eigenvalue weighted by molar-refractivity contribution is -0.0419. The normalized spacial score (nSPS) is 21.8.